The third kappa shape index (κ3) is 12.7. The Morgan fingerprint density at radius 2 is 0.676 bits per heavy atom. The number of benzene rings is 5. The van der Waals surface area contributed by atoms with E-state index < -0.39 is 201 Å². The summed E-state index contributed by atoms with van der Waals surface area (Å²) in [6.07, 6.45) is 3.49. The number of cyclic esters (lactones) is 16. The van der Waals surface area contributed by atoms with Gasteiger partial charge in [0.25, 0.3) is 0 Å². The minimum absolute atomic E-state index is 0.0138. The standard InChI is InChI=1S/C24H24N2O8.C16H6O7.C14H4O6.C12H10O6.C10H8O6/c27-19(11-4-6-15-17(8-11)23(31)33-21(15)29)25-13-2-1-3-14(10-13)26-20(28)12-5-7-16-18(9-12)24(32)34-22(16)30;17-13-9-3-1-7(5-11(9)15(19)22-13)21-8-2-4-10-12(6-8)16(20)23-14(10)18;15-11-7-1-5-2-9-10(14(18)20-13(9)17)4-6(5)3-8(7)12(16)19-11;13-9-3-1-4(10(14)17-9)8-6-2-5(7(3)8)11(15)18-12(6)16;11-6-2-3-4(8(12)15-6)1-5-7(3)10(14)16-9(5)13/h1-3,10-12,15-18H,4-9H2,(H,25,27)(H,26,28);1-6H;1-4H;3-8H,1-2H2;3-5,7H,1-2H2. The van der Waals surface area contributed by atoms with Gasteiger partial charge < -0.3 is 62.1 Å². The predicted molar refractivity (Wildman–Crippen MR) is 356 cm³/mol. The molecule has 5 aliphatic carbocycles. The average Bonchev–Trinajstić information content (AvgIpc) is 1.55. The molecule has 6 saturated heterocycles. The van der Waals surface area contributed by atoms with Crippen LogP contribution in [0, 0.1) is 94.7 Å². The Balaban J connectivity index is 0.000000108. The summed E-state index contributed by atoms with van der Waals surface area (Å²) in [5, 5.41) is 7.38. The molecule has 2 amide bonds. The molecule has 10 heterocycles. The Morgan fingerprint density at radius 1 is 0.324 bits per heavy atom. The molecule has 0 radical (unpaired) electrons. The highest BCUT2D eigenvalue weighted by atomic mass is 16.6. The number of carbonyl (C=O) groups is 18. The van der Waals surface area contributed by atoms with Gasteiger partial charge in [-0.3, -0.25) is 67.1 Å². The molecular weight excluding hydrogens is 1470 g/mol. The first-order chi connectivity index (χ1) is 53.0. The van der Waals surface area contributed by atoms with Crippen molar-refractivity contribution >= 4 is 151 Å². The maximum Gasteiger partial charge on any atom is 0.347 e. The monoisotopic (exact) mass is 1520 g/mol. The third-order valence-electron chi connectivity index (χ3n) is 22.8. The van der Waals surface area contributed by atoms with Gasteiger partial charge in [-0.15, -0.1) is 0 Å². The molecule has 111 heavy (non-hydrogen) atoms. The van der Waals surface area contributed by atoms with Gasteiger partial charge in [0.2, 0.25) is 11.8 Å². The molecule has 5 saturated carbocycles. The Hall–Kier alpha value is -13.5. The van der Waals surface area contributed by atoms with Gasteiger partial charge in [-0.25, -0.2) is 38.4 Å². The second kappa shape index (κ2) is 27.3. The molecule has 564 valence electrons. The van der Waals surface area contributed by atoms with E-state index >= 15 is 0 Å². The summed E-state index contributed by atoms with van der Waals surface area (Å²) >= 11 is 0. The quantitative estimate of drug-likeness (QED) is 0.104. The smallest absolute Gasteiger partial charge is 0.347 e. The molecule has 11 fully saturated rings. The minimum Gasteiger partial charge on any atom is -0.457 e. The summed E-state index contributed by atoms with van der Waals surface area (Å²) in [6, 6.07) is 21.2. The molecule has 35 heteroatoms. The second-order valence-corrected chi connectivity index (χ2v) is 28.8. The van der Waals surface area contributed by atoms with Crippen molar-refractivity contribution in [3.05, 3.63) is 149 Å². The van der Waals surface area contributed by atoms with E-state index in [-0.39, 0.29) is 105 Å². The van der Waals surface area contributed by atoms with E-state index in [4.69, 9.17) is 23.7 Å². The molecule has 14 atom stereocenters. The number of ether oxygens (including phenoxy) is 9. The molecule has 5 aromatic carbocycles. The lowest BCUT2D eigenvalue weighted by atomic mass is 9.75. The zero-order valence-corrected chi connectivity index (χ0v) is 56.9. The van der Waals surface area contributed by atoms with Crippen LogP contribution in [0.3, 0.4) is 0 Å². The van der Waals surface area contributed by atoms with E-state index in [1.54, 1.807) is 24.3 Å². The van der Waals surface area contributed by atoms with Gasteiger partial charge in [-0.05, 0) is 165 Å². The van der Waals surface area contributed by atoms with Gasteiger partial charge in [0.05, 0.1) is 115 Å². The van der Waals surface area contributed by atoms with Gasteiger partial charge >= 0.3 is 118 Å². The number of hydrogen-bond acceptors (Lipinski definition) is 33. The molecule has 4 bridgehead atoms. The molecule has 8 aliphatic heterocycles. The Kier molecular flexibility index (Phi) is 17.7. The lowest BCUT2D eigenvalue weighted by Crippen LogP contribution is -2.38. The number of amides is 2. The molecule has 0 spiro atoms. The van der Waals surface area contributed by atoms with E-state index in [1.807, 2.05) is 0 Å². The number of carbonyl (C=O) groups excluding carboxylic acids is 18. The van der Waals surface area contributed by atoms with Crippen LogP contribution in [0.5, 0.6) is 11.5 Å². The van der Waals surface area contributed by atoms with Crippen molar-refractivity contribution in [1.29, 1.82) is 0 Å². The first-order valence-electron chi connectivity index (χ1n) is 34.9. The normalized spacial score (nSPS) is 29.1. The van der Waals surface area contributed by atoms with Crippen molar-refractivity contribution in [2.24, 2.45) is 94.7 Å². The average molecular weight is 1520 g/mol. The van der Waals surface area contributed by atoms with Crippen LogP contribution in [0.15, 0.2) is 113 Å². The summed E-state index contributed by atoms with van der Waals surface area (Å²) in [5.74, 6) is -16.7. The largest absolute Gasteiger partial charge is 0.457 e. The van der Waals surface area contributed by atoms with Crippen LogP contribution < -0.4 is 37.9 Å². The number of esters is 16. The van der Waals surface area contributed by atoms with Crippen molar-refractivity contribution in [3.8, 4) is 11.5 Å². The molecule has 2 N–H and O–H groups in total. The highest BCUT2D eigenvalue weighted by Crippen LogP contribution is 2.61. The third-order valence-corrected chi connectivity index (χ3v) is 22.8. The lowest BCUT2D eigenvalue weighted by Gasteiger charge is -2.27. The molecule has 2 aromatic heterocycles. The molecular formula is C76H52N2O33. The zero-order valence-electron chi connectivity index (χ0n) is 56.9. The summed E-state index contributed by atoms with van der Waals surface area (Å²) in [5.41, 5.74) is -1.32. The van der Waals surface area contributed by atoms with Gasteiger partial charge in [-0.2, -0.15) is 0 Å². The lowest BCUT2D eigenvalue weighted by molar-refractivity contribution is -0.175. The molecule has 35 nitrogen and oxygen atoms in total. The van der Waals surface area contributed by atoms with Crippen LogP contribution in [0.4, 0.5) is 11.4 Å². The number of anilines is 2. The fourth-order valence-electron chi connectivity index (χ4n) is 17.6. The van der Waals surface area contributed by atoms with E-state index in [0.29, 0.717) is 60.7 Å². The SMILES string of the molecule is O=C(Nc1cccc(NC(=O)C2CCC3C(=O)OC(=O)C3C2)c1)C1CCC2C(=O)OC(=O)C2C1.O=C1CC2C(CC3C(=O)OC(=O)C32)C(=O)O1.O=C1OC(=O)C2CC1C1C3CC(C(=O)OC3=O)C21.O=C1OC(=O)c2cc(Oc3ccc4c(c3)C(=O)OC4=O)ccc21.O=c1oc(=O)c2cc3cc4c(=O)oc(=O)c4cc3cc12. The Bertz CT molecular complexity index is 5300. The highest BCUT2D eigenvalue weighted by Gasteiger charge is 2.68. The minimum atomic E-state index is -0.737. The summed E-state index contributed by atoms with van der Waals surface area (Å²) < 4.78 is 51.4. The van der Waals surface area contributed by atoms with Crippen LogP contribution in [0.1, 0.15) is 106 Å². The van der Waals surface area contributed by atoms with Crippen LogP contribution >= 0.6 is 0 Å². The van der Waals surface area contributed by atoms with Crippen molar-refractivity contribution in [2.45, 2.75) is 64.2 Å². The van der Waals surface area contributed by atoms with Crippen molar-refractivity contribution in [1.82, 2.24) is 0 Å². The van der Waals surface area contributed by atoms with Crippen LogP contribution in [-0.2, 0) is 105 Å². The molecule has 13 aliphatic rings. The van der Waals surface area contributed by atoms with Crippen LogP contribution in [0.25, 0.3) is 32.3 Å². The number of furan rings is 2. The van der Waals surface area contributed by atoms with Crippen molar-refractivity contribution < 1.29 is 138 Å². The fourth-order valence-corrected chi connectivity index (χ4v) is 17.6. The summed E-state index contributed by atoms with van der Waals surface area (Å²) in [6.45, 7) is 0. The summed E-state index contributed by atoms with van der Waals surface area (Å²) in [4.78, 5) is 256. The molecule has 14 unspecified atom stereocenters. The Labute approximate surface area is 616 Å². The van der Waals surface area contributed by atoms with Gasteiger partial charge in [-0.1, -0.05) is 6.07 Å². The second-order valence-electron chi connectivity index (χ2n) is 28.8. The van der Waals surface area contributed by atoms with E-state index in [9.17, 15) is 105 Å². The van der Waals surface area contributed by atoms with E-state index in [0.717, 1.165) is 0 Å². The maximum absolute atomic E-state index is 12.8. The number of hydrogen-bond donors (Lipinski definition) is 2. The number of rotatable bonds is 6. The van der Waals surface area contributed by atoms with Gasteiger partial charge in [0, 0.05) is 23.2 Å². The first-order valence-corrected chi connectivity index (χ1v) is 34.9. The molecule has 7 aromatic rings. The number of fused-ring (bicyclic) bond motifs is 19. The van der Waals surface area contributed by atoms with Gasteiger partial charge in [0.15, 0.2) is 0 Å². The highest BCUT2D eigenvalue weighted by molar-refractivity contribution is 6.16. The van der Waals surface area contributed by atoms with Crippen LogP contribution in [-0.4, -0.2) is 107 Å². The van der Waals surface area contributed by atoms with Crippen molar-refractivity contribution in [3.63, 3.8) is 0 Å². The maximum atomic E-state index is 12.8. The number of nitrogens with one attached hydrogen (secondary N) is 2. The zero-order chi connectivity index (χ0) is 78.2. The van der Waals surface area contributed by atoms with Crippen LogP contribution in [0.2, 0.25) is 0 Å². The summed E-state index contributed by atoms with van der Waals surface area (Å²) in [7, 11) is 0. The van der Waals surface area contributed by atoms with Gasteiger partial charge in [0.1, 0.15) is 11.5 Å². The predicted octanol–water partition coefficient (Wildman–Crippen LogP) is 3.61. The Morgan fingerprint density at radius 3 is 1.09 bits per heavy atom. The first kappa shape index (κ1) is 71.7. The molecule has 20 rings (SSSR count). The van der Waals surface area contributed by atoms with E-state index in [1.165, 1.54) is 60.7 Å². The van der Waals surface area contributed by atoms with Crippen molar-refractivity contribution in [2.75, 3.05) is 10.6 Å². The fraction of sp³-hybridized carbons (Fsp3) is 0.342. The van der Waals surface area contributed by atoms with E-state index in [2.05, 4.69) is 38.4 Å². The topological polar surface area (TPSA) is 509 Å².